The van der Waals surface area contributed by atoms with Crippen molar-refractivity contribution in [3.8, 4) is 0 Å². The van der Waals surface area contributed by atoms with Gasteiger partial charge in [0.25, 0.3) is 5.91 Å². The second-order valence-electron chi connectivity index (χ2n) is 14.1. The molecule has 0 saturated carbocycles. The summed E-state index contributed by atoms with van der Waals surface area (Å²) in [6, 6.07) is 23.5. The molecule has 4 heterocycles. The second-order valence-corrected chi connectivity index (χ2v) is 19.0. The van der Waals surface area contributed by atoms with E-state index < -0.39 is 20.0 Å². The van der Waals surface area contributed by atoms with Crippen LogP contribution < -0.4 is 9.80 Å². The van der Waals surface area contributed by atoms with Crippen LogP contribution in [-0.4, -0.2) is 64.3 Å². The van der Waals surface area contributed by atoms with Crippen molar-refractivity contribution in [2.45, 2.75) is 75.5 Å². The molecule has 3 aliphatic rings. The van der Waals surface area contributed by atoms with Gasteiger partial charge < -0.3 is 24.4 Å². The molecule has 5 atom stereocenters. The van der Waals surface area contributed by atoms with Crippen LogP contribution in [0, 0.1) is 5.92 Å². The Morgan fingerprint density at radius 1 is 1.08 bits per heavy atom. The van der Waals surface area contributed by atoms with Crippen molar-refractivity contribution >= 4 is 47.4 Å². The van der Waals surface area contributed by atoms with Crippen LogP contribution in [0.15, 0.2) is 83.5 Å². The first-order valence-electron chi connectivity index (χ1n) is 17.0. The quantitative estimate of drug-likeness (QED) is 0.199. The van der Waals surface area contributed by atoms with E-state index in [9.17, 15) is 19.5 Å². The molecule has 1 aromatic heterocycles. The van der Waals surface area contributed by atoms with Crippen molar-refractivity contribution in [2.75, 3.05) is 23.0 Å². The lowest BCUT2D eigenvalue weighted by molar-refractivity contribution is -0.146. The number of hydrogen-bond donors (Lipinski definition) is 2. The summed E-state index contributed by atoms with van der Waals surface area (Å²) in [6.07, 6.45) is 3.43. The third-order valence-corrected chi connectivity index (χ3v) is 13.5. The lowest BCUT2D eigenvalue weighted by Crippen LogP contribution is -2.46. The van der Waals surface area contributed by atoms with Gasteiger partial charge >= 0.3 is 0 Å². The van der Waals surface area contributed by atoms with Gasteiger partial charge in [-0.3, -0.25) is 14.3 Å². The minimum absolute atomic E-state index is 0.0866. The third-order valence-electron chi connectivity index (χ3n) is 10.5. The number of ether oxygens (including phenoxy) is 1. The molecule has 10 nitrogen and oxygen atoms in total. The maximum Gasteiger partial charge on any atom is 0.264 e. The average Bonchev–Trinajstić information content (AvgIpc) is 3.84. The summed E-state index contributed by atoms with van der Waals surface area (Å²) in [5.41, 5.74) is 3.59. The van der Waals surface area contributed by atoms with Crippen LogP contribution >= 0.6 is 15.9 Å². The highest BCUT2D eigenvalue weighted by atomic mass is 79.9. The summed E-state index contributed by atoms with van der Waals surface area (Å²) in [6.45, 7) is 7.36. The number of carbonyl (C=O) groups excluding carboxylic acids is 2. The van der Waals surface area contributed by atoms with Crippen LogP contribution in [0.1, 0.15) is 54.5 Å². The van der Waals surface area contributed by atoms with Crippen LogP contribution in [0.4, 0.5) is 11.4 Å². The van der Waals surface area contributed by atoms with Gasteiger partial charge in [-0.05, 0) is 67.4 Å². The molecule has 0 radical (unpaired) electrons. The van der Waals surface area contributed by atoms with Crippen molar-refractivity contribution in [3.63, 3.8) is 0 Å². The number of benzene rings is 3. The predicted octanol–water partition coefficient (Wildman–Crippen LogP) is 5.73. The Kier molecular flexibility index (Phi) is 9.12. The van der Waals surface area contributed by atoms with Crippen LogP contribution in [-0.2, 0) is 33.0 Å². The number of fused-ring (bicyclic) bond motifs is 2. The number of halogens is 1. The average molecular weight is 745 g/mol. The Balaban J connectivity index is 1.15. The third kappa shape index (κ3) is 6.07. The van der Waals surface area contributed by atoms with Crippen molar-refractivity contribution < 1.29 is 24.2 Å². The number of anilines is 2. The largest absolute Gasteiger partial charge is 0.432 e. The Morgan fingerprint density at radius 2 is 1.84 bits per heavy atom. The fourth-order valence-corrected chi connectivity index (χ4v) is 11.2. The lowest BCUT2D eigenvalue weighted by atomic mass is 9.82. The normalized spacial score (nSPS) is 24.3. The summed E-state index contributed by atoms with van der Waals surface area (Å²) >= 11 is 3.64. The summed E-state index contributed by atoms with van der Waals surface area (Å²) in [7, 11) is -2.85. The number of aryl methyl sites for hydroxylation is 1. The van der Waals surface area contributed by atoms with E-state index in [1.54, 1.807) is 4.68 Å². The molecule has 1 spiro atoms. The smallest absolute Gasteiger partial charge is 0.264 e. The highest BCUT2D eigenvalue weighted by molar-refractivity contribution is 9.10. The van der Waals surface area contributed by atoms with Crippen molar-refractivity contribution in [3.05, 3.63) is 106 Å². The Morgan fingerprint density at radius 3 is 2.51 bits per heavy atom. The van der Waals surface area contributed by atoms with Crippen molar-refractivity contribution in [1.82, 2.24) is 15.0 Å². The zero-order chi connectivity index (χ0) is 34.5. The number of aliphatic hydroxyl groups excluding tert-OH is 1. The number of amides is 2. The molecular formula is C37H42BrN5O5Si. The van der Waals surface area contributed by atoms with Gasteiger partial charge in [0.1, 0.15) is 0 Å². The van der Waals surface area contributed by atoms with E-state index in [0.717, 1.165) is 45.5 Å². The van der Waals surface area contributed by atoms with Crippen molar-refractivity contribution in [1.29, 1.82) is 0 Å². The number of aliphatic hydroxyl groups is 1. The molecule has 0 aliphatic carbocycles. The second kappa shape index (κ2) is 13.2. The minimum atomic E-state index is -2.85. The summed E-state index contributed by atoms with van der Waals surface area (Å²) in [5, 5.41) is 18.9. The highest BCUT2D eigenvalue weighted by Gasteiger charge is 2.66. The maximum atomic E-state index is 14.8. The number of carbonyl (C=O) groups is 2. The maximum absolute atomic E-state index is 14.8. The topological polar surface area (TPSA) is 121 Å². The van der Waals surface area contributed by atoms with Gasteiger partial charge in [0.15, 0.2) is 13.9 Å². The highest BCUT2D eigenvalue weighted by Crippen LogP contribution is 2.60. The zero-order valence-electron chi connectivity index (χ0n) is 28.0. The Bertz CT molecular complexity index is 1850. The lowest BCUT2D eigenvalue weighted by Gasteiger charge is -2.32. The molecular weight excluding hydrogens is 702 g/mol. The number of hydrogen-bond acceptors (Lipinski definition) is 7. The molecule has 0 bridgehead atoms. The van der Waals surface area contributed by atoms with Gasteiger partial charge in [-0.25, -0.2) is 0 Å². The number of aromatic nitrogens is 3. The molecule has 7 rings (SSSR count). The van der Waals surface area contributed by atoms with Crippen molar-refractivity contribution in [2.24, 2.45) is 5.92 Å². The van der Waals surface area contributed by atoms with E-state index in [1.807, 2.05) is 109 Å². The molecule has 1 unspecified atom stereocenters. The van der Waals surface area contributed by atoms with E-state index in [1.165, 1.54) is 0 Å². The molecule has 2 N–H and O–H groups in total. The number of rotatable bonds is 10. The zero-order valence-corrected chi connectivity index (χ0v) is 30.6. The van der Waals surface area contributed by atoms with E-state index in [2.05, 4.69) is 26.2 Å². The monoisotopic (exact) mass is 743 g/mol. The van der Waals surface area contributed by atoms with Gasteiger partial charge in [-0.2, -0.15) is 0 Å². The van der Waals surface area contributed by atoms with Crippen LogP contribution in [0.25, 0.3) is 0 Å². The first-order chi connectivity index (χ1) is 23.5. The molecule has 2 saturated heterocycles. The van der Waals surface area contributed by atoms with Crippen LogP contribution in [0.3, 0.4) is 0 Å². The van der Waals surface area contributed by atoms with Crippen LogP contribution in [0.5, 0.6) is 0 Å². The standard InChI is InChI=1S/C37H42BrN5O5Si/c1-24-35(49(2,3)47)33(17-19-41-22-31(39-40-41)29(23-44)26-8-5-4-6-9-26)48-37(24)30-20-27(38)13-16-32(30)43(36(37)46)21-25-11-14-28(15-12-25)42-18-7-10-34(42)45/h4-6,8-9,11-16,20,22,24,29,33,35,44,47H,7,10,17-19,21,23H2,1-3H3/t24-,29?,33+,35-,37+/m0/s1. The van der Waals surface area contributed by atoms with E-state index in [0.29, 0.717) is 31.6 Å². The molecule has 3 aliphatic heterocycles. The molecule has 256 valence electrons. The van der Waals surface area contributed by atoms with Gasteiger partial charge in [-0.1, -0.05) is 70.5 Å². The van der Waals surface area contributed by atoms with E-state index >= 15 is 0 Å². The SMILES string of the molecule is C[C@H]1[C@H]([Si](C)(C)O)[C@@H](CCn2cc(C(CO)c3ccccc3)nn2)O[C@]12C(=O)N(Cc1ccc(N3CCCC3=O)cc1)c1ccc(Br)cc12. The molecule has 12 heteroatoms. The Labute approximate surface area is 296 Å². The van der Waals surface area contributed by atoms with Gasteiger partial charge in [-0.15, -0.1) is 5.10 Å². The number of nitrogens with zero attached hydrogens (tertiary/aromatic N) is 5. The summed E-state index contributed by atoms with van der Waals surface area (Å²) < 4.78 is 9.61. The fraction of sp³-hybridized carbons (Fsp3) is 0.405. The van der Waals surface area contributed by atoms with E-state index in [4.69, 9.17) is 4.74 Å². The van der Waals surface area contributed by atoms with Gasteiger partial charge in [0, 0.05) is 52.9 Å². The predicted molar refractivity (Wildman–Crippen MR) is 193 cm³/mol. The van der Waals surface area contributed by atoms with Gasteiger partial charge in [0.2, 0.25) is 5.91 Å². The Hall–Kier alpha value is -3.68. The molecule has 2 amide bonds. The van der Waals surface area contributed by atoms with E-state index in [-0.39, 0.29) is 35.8 Å². The molecule has 3 aromatic carbocycles. The first kappa shape index (κ1) is 33.8. The fourth-order valence-electron chi connectivity index (χ4n) is 8.26. The first-order valence-corrected chi connectivity index (χ1v) is 20.8. The summed E-state index contributed by atoms with van der Waals surface area (Å²) in [5.74, 6) is -0.564. The van der Waals surface area contributed by atoms with Gasteiger partial charge in [0.05, 0.1) is 36.6 Å². The van der Waals surface area contributed by atoms with Crippen LogP contribution in [0.2, 0.25) is 18.6 Å². The molecule has 49 heavy (non-hydrogen) atoms. The molecule has 4 aromatic rings. The summed E-state index contributed by atoms with van der Waals surface area (Å²) in [4.78, 5) is 42.4. The minimum Gasteiger partial charge on any atom is -0.432 e. The molecule has 2 fully saturated rings.